The molecule has 15 heavy (non-hydrogen) atoms. The minimum Gasteiger partial charge on any atom is -0.321 e. The Kier molecular flexibility index (Phi) is 2.71. The van der Waals surface area contributed by atoms with E-state index in [1.807, 2.05) is 30.3 Å². The van der Waals surface area contributed by atoms with Gasteiger partial charge in [0.15, 0.2) is 0 Å². The zero-order valence-corrected chi connectivity index (χ0v) is 8.91. The number of aromatic nitrogens is 1. The molecule has 0 saturated heterocycles. The Balaban J connectivity index is 2.66. The second kappa shape index (κ2) is 4.01. The average molecular weight is 219 g/mol. The van der Waals surface area contributed by atoms with Gasteiger partial charge in [-0.25, -0.2) is 4.98 Å². The van der Waals surface area contributed by atoms with Crippen LogP contribution in [0.4, 0.5) is 0 Å². The summed E-state index contributed by atoms with van der Waals surface area (Å²) in [6, 6.07) is 9.48. The molecule has 0 fully saturated rings. The lowest BCUT2D eigenvalue weighted by molar-refractivity contribution is 0.909. The Morgan fingerprint density at radius 3 is 2.87 bits per heavy atom. The number of halogens is 1. The monoisotopic (exact) mass is 218 g/mol. The van der Waals surface area contributed by atoms with Gasteiger partial charge in [-0.05, 0) is 12.1 Å². The van der Waals surface area contributed by atoms with E-state index in [1.54, 1.807) is 6.08 Å². The summed E-state index contributed by atoms with van der Waals surface area (Å²) < 4.78 is 0. The molecule has 2 aromatic rings. The van der Waals surface area contributed by atoms with E-state index >= 15 is 0 Å². The predicted molar refractivity (Wildman–Crippen MR) is 63.9 cm³/mol. The van der Waals surface area contributed by atoms with E-state index in [0.717, 1.165) is 16.5 Å². The van der Waals surface area contributed by atoms with Crippen molar-refractivity contribution < 1.29 is 0 Å². The highest BCUT2D eigenvalue weighted by Gasteiger charge is 2.09. The van der Waals surface area contributed by atoms with Crippen LogP contribution in [0.1, 0.15) is 11.6 Å². The number of para-hydroxylation sites is 1. The molecule has 0 unspecified atom stereocenters. The number of nitrogens with two attached hydrogens (primary N) is 1. The van der Waals surface area contributed by atoms with Crippen molar-refractivity contribution in [1.29, 1.82) is 0 Å². The van der Waals surface area contributed by atoms with E-state index in [4.69, 9.17) is 17.3 Å². The maximum atomic E-state index is 6.04. The number of nitrogens with zero attached hydrogens (tertiary/aromatic N) is 1. The number of hydrogen-bond donors (Lipinski definition) is 1. The first-order valence-electron chi connectivity index (χ1n) is 4.65. The van der Waals surface area contributed by atoms with Crippen molar-refractivity contribution in [2.24, 2.45) is 5.73 Å². The molecule has 0 radical (unpaired) electrons. The molecule has 0 aliphatic rings. The van der Waals surface area contributed by atoms with Crippen LogP contribution < -0.4 is 5.73 Å². The smallest absolute Gasteiger partial charge is 0.134 e. The lowest BCUT2D eigenvalue weighted by Gasteiger charge is -2.09. The van der Waals surface area contributed by atoms with Crippen molar-refractivity contribution in [1.82, 2.24) is 4.98 Å². The van der Waals surface area contributed by atoms with Crippen molar-refractivity contribution in [3.8, 4) is 0 Å². The molecule has 2 nitrogen and oxygen atoms in total. The molecule has 0 aliphatic carbocycles. The highest BCUT2D eigenvalue weighted by molar-refractivity contribution is 6.30. The molecule has 0 aliphatic heterocycles. The first-order valence-corrected chi connectivity index (χ1v) is 5.03. The molecule has 0 spiro atoms. The number of hydrogen-bond acceptors (Lipinski definition) is 2. The fourth-order valence-corrected chi connectivity index (χ4v) is 1.74. The second-order valence-electron chi connectivity index (χ2n) is 3.32. The van der Waals surface area contributed by atoms with Gasteiger partial charge in [-0.1, -0.05) is 35.9 Å². The standard InChI is InChI=1S/C12H11ClN2/c1-2-10(14)9-7-8-5-3-4-6-11(8)15-12(9)13/h2-7,10H,1,14H2/t10-/m1/s1. The Labute approximate surface area is 93.4 Å². The lowest BCUT2D eigenvalue weighted by Crippen LogP contribution is -2.07. The van der Waals surface area contributed by atoms with Gasteiger partial charge in [0, 0.05) is 10.9 Å². The Morgan fingerprint density at radius 2 is 2.13 bits per heavy atom. The molecule has 0 bridgehead atoms. The summed E-state index contributed by atoms with van der Waals surface area (Å²) in [6.07, 6.45) is 1.65. The third kappa shape index (κ3) is 1.87. The molecule has 0 saturated carbocycles. The summed E-state index contributed by atoms with van der Waals surface area (Å²) in [7, 11) is 0. The molecule has 2 N–H and O–H groups in total. The first-order chi connectivity index (χ1) is 7.22. The minimum absolute atomic E-state index is 0.269. The maximum Gasteiger partial charge on any atom is 0.134 e. The van der Waals surface area contributed by atoms with Crippen LogP contribution in [-0.4, -0.2) is 4.98 Å². The van der Waals surface area contributed by atoms with Gasteiger partial charge in [0.25, 0.3) is 0 Å². The number of fused-ring (bicyclic) bond motifs is 1. The predicted octanol–water partition coefficient (Wildman–Crippen LogP) is 3.07. The van der Waals surface area contributed by atoms with Crippen LogP contribution in [0.25, 0.3) is 10.9 Å². The van der Waals surface area contributed by atoms with Gasteiger partial charge in [-0.2, -0.15) is 0 Å². The fraction of sp³-hybridized carbons (Fsp3) is 0.0833. The molecular formula is C12H11ClN2. The molecule has 1 heterocycles. The topological polar surface area (TPSA) is 38.9 Å². The summed E-state index contributed by atoms with van der Waals surface area (Å²) in [5, 5.41) is 1.48. The van der Waals surface area contributed by atoms with Gasteiger partial charge in [-0.15, -0.1) is 6.58 Å². The van der Waals surface area contributed by atoms with E-state index in [2.05, 4.69) is 11.6 Å². The number of rotatable bonds is 2. The quantitative estimate of drug-likeness (QED) is 0.622. The first kappa shape index (κ1) is 10.1. The summed E-state index contributed by atoms with van der Waals surface area (Å²) in [5.41, 5.74) is 7.53. The van der Waals surface area contributed by atoms with Crippen LogP contribution in [0.2, 0.25) is 5.15 Å². The van der Waals surface area contributed by atoms with Crippen molar-refractivity contribution in [3.05, 3.63) is 53.7 Å². The molecular weight excluding hydrogens is 208 g/mol. The second-order valence-corrected chi connectivity index (χ2v) is 3.68. The Bertz CT molecular complexity index is 508. The SMILES string of the molecule is C=C[C@@H](N)c1cc2ccccc2nc1Cl. The van der Waals surface area contributed by atoms with Crippen LogP contribution in [-0.2, 0) is 0 Å². The van der Waals surface area contributed by atoms with Crippen LogP contribution in [0.5, 0.6) is 0 Å². The van der Waals surface area contributed by atoms with Gasteiger partial charge in [0.05, 0.1) is 11.6 Å². The zero-order chi connectivity index (χ0) is 10.8. The molecule has 76 valence electrons. The van der Waals surface area contributed by atoms with Gasteiger partial charge in [0.1, 0.15) is 5.15 Å². The van der Waals surface area contributed by atoms with E-state index in [0.29, 0.717) is 5.15 Å². The fourth-order valence-electron chi connectivity index (χ4n) is 1.47. The largest absolute Gasteiger partial charge is 0.321 e. The Hall–Kier alpha value is -1.38. The zero-order valence-electron chi connectivity index (χ0n) is 8.15. The molecule has 0 amide bonds. The van der Waals surface area contributed by atoms with Crippen molar-refractivity contribution in [2.75, 3.05) is 0 Å². The summed E-state index contributed by atoms with van der Waals surface area (Å²) in [4.78, 5) is 4.28. The normalized spacial score (nSPS) is 12.7. The summed E-state index contributed by atoms with van der Waals surface area (Å²) in [6.45, 7) is 3.65. The third-order valence-corrected chi connectivity index (χ3v) is 2.62. The van der Waals surface area contributed by atoms with Gasteiger partial charge >= 0.3 is 0 Å². The summed E-state index contributed by atoms with van der Waals surface area (Å²) >= 11 is 6.04. The third-order valence-electron chi connectivity index (χ3n) is 2.32. The maximum absolute atomic E-state index is 6.04. The van der Waals surface area contributed by atoms with E-state index < -0.39 is 0 Å². The van der Waals surface area contributed by atoms with E-state index in [9.17, 15) is 0 Å². The van der Waals surface area contributed by atoms with E-state index in [1.165, 1.54) is 0 Å². The average Bonchev–Trinajstić information content (AvgIpc) is 2.27. The Morgan fingerprint density at radius 1 is 1.40 bits per heavy atom. The van der Waals surface area contributed by atoms with Crippen LogP contribution in [0, 0.1) is 0 Å². The minimum atomic E-state index is -0.269. The molecule has 1 atom stereocenters. The van der Waals surface area contributed by atoms with Gasteiger partial charge in [-0.3, -0.25) is 0 Å². The van der Waals surface area contributed by atoms with Gasteiger partial charge in [0.2, 0.25) is 0 Å². The van der Waals surface area contributed by atoms with Crippen LogP contribution in [0.15, 0.2) is 43.0 Å². The molecule has 3 heteroatoms. The highest BCUT2D eigenvalue weighted by Crippen LogP contribution is 2.24. The molecule has 1 aromatic carbocycles. The van der Waals surface area contributed by atoms with Gasteiger partial charge < -0.3 is 5.73 Å². The molecule has 2 rings (SSSR count). The molecule has 1 aromatic heterocycles. The lowest BCUT2D eigenvalue weighted by atomic mass is 10.1. The van der Waals surface area contributed by atoms with E-state index in [-0.39, 0.29) is 6.04 Å². The summed E-state index contributed by atoms with van der Waals surface area (Å²) in [5.74, 6) is 0. The van der Waals surface area contributed by atoms with Crippen LogP contribution >= 0.6 is 11.6 Å². The highest BCUT2D eigenvalue weighted by atomic mass is 35.5. The van der Waals surface area contributed by atoms with Crippen LogP contribution in [0.3, 0.4) is 0 Å². The van der Waals surface area contributed by atoms with Crippen molar-refractivity contribution >= 4 is 22.5 Å². The number of pyridine rings is 1. The number of benzene rings is 1. The van der Waals surface area contributed by atoms with Crippen molar-refractivity contribution in [2.45, 2.75) is 6.04 Å². The van der Waals surface area contributed by atoms with Crippen molar-refractivity contribution in [3.63, 3.8) is 0 Å².